The fourth-order valence-corrected chi connectivity index (χ4v) is 3.22. The number of rotatable bonds is 11. The van der Waals surface area contributed by atoms with Crippen LogP contribution in [0.5, 0.6) is 0 Å². The van der Waals surface area contributed by atoms with Crippen LogP contribution in [0.3, 0.4) is 0 Å². The molecule has 0 aliphatic carbocycles. The van der Waals surface area contributed by atoms with Crippen molar-refractivity contribution in [2.75, 3.05) is 23.4 Å². The number of nitrogen functional groups attached to an aromatic ring is 1. The number of aliphatic imine (C=N–C) groups is 2. The molecule has 36 heavy (non-hydrogen) atoms. The number of nitrogens with zero attached hydrogens (tertiary/aromatic N) is 3. The van der Waals surface area contributed by atoms with Gasteiger partial charge in [0.1, 0.15) is 0 Å². The van der Waals surface area contributed by atoms with Gasteiger partial charge in [-0.05, 0) is 61.5 Å². The average molecular weight is 478 g/mol. The van der Waals surface area contributed by atoms with Gasteiger partial charge in [-0.2, -0.15) is 0 Å². The predicted molar refractivity (Wildman–Crippen MR) is 154 cm³/mol. The van der Waals surface area contributed by atoms with E-state index in [0.717, 1.165) is 28.3 Å². The van der Waals surface area contributed by atoms with Crippen LogP contribution in [0.15, 0.2) is 125 Å². The number of allylic oxidation sites excluding steroid dienone is 3. The van der Waals surface area contributed by atoms with Crippen molar-refractivity contribution in [3.63, 3.8) is 0 Å². The molecule has 0 fully saturated rings. The number of aromatic nitrogens is 1. The van der Waals surface area contributed by atoms with E-state index in [1.165, 1.54) is 0 Å². The third-order valence-corrected chi connectivity index (χ3v) is 4.97. The van der Waals surface area contributed by atoms with E-state index in [1.54, 1.807) is 31.9 Å². The third kappa shape index (κ3) is 7.85. The number of pyridine rings is 1. The first-order valence-electron chi connectivity index (χ1n) is 11.4. The van der Waals surface area contributed by atoms with Gasteiger partial charge in [0, 0.05) is 65.4 Å². The fraction of sp³-hybridized carbons (Fsp3) is 0.0690. The summed E-state index contributed by atoms with van der Waals surface area (Å²) in [6.45, 7) is 10.1. The van der Waals surface area contributed by atoms with Gasteiger partial charge < -0.3 is 21.7 Å². The van der Waals surface area contributed by atoms with Gasteiger partial charge in [-0.3, -0.25) is 15.0 Å². The zero-order valence-electron chi connectivity index (χ0n) is 20.6. The Morgan fingerprint density at radius 3 is 2.33 bits per heavy atom. The highest BCUT2D eigenvalue weighted by atomic mass is 15.0. The Balaban J connectivity index is 1.62. The normalized spacial score (nSPS) is 12.1. The summed E-state index contributed by atoms with van der Waals surface area (Å²) >= 11 is 0. The maximum Gasteiger partial charge on any atom is 0.0816 e. The number of benzene rings is 2. The van der Waals surface area contributed by atoms with Crippen LogP contribution in [0.2, 0.25) is 0 Å². The number of nitrogens with two attached hydrogens (primary N) is 1. The SMILES string of the molecule is C=C(C=N/C(=C\C)C(=C)Nc1ccc(Nc2ccncc2)cc1)N/C(=C/C=NC)c1cccc(N)c1. The minimum Gasteiger partial charge on any atom is -0.399 e. The molecule has 0 atom stereocenters. The summed E-state index contributed by atoms with van der Waals surface area (Å²) < 4.78 is 0. The molecule has 7 nitrogen and oxygen atoms in total. The Morgan fingerprint density at radius 2 is 1.67 bits per heavy atom. The molecule has 0 aliphatic rings. The Bertz CT molecular complexity index is 1300. The van der Waals surface area contributed by atoms with Crippen molar-refractivity contribution < 1.29 is 0 Å². The Hall–Kier alpha value is -4.91. The molecule has 0 amide bonds. The molecule has 7 heteroatoms. The van der Waals surface area contributed by atoms with Crippen molar-refractivity contribution in [1.82, 2.24) is 10.3 Å². The standard InChI is InChI=1S/C29H31N7/c1-5-28(22(3)35-25-9-11-26(12-10-25)36-27-13-17-32-18-14-27)33-20-21(2)34-29(15-16-31-4)23-7-6-8-24(30)19-23/h5-20,34-35H,2-3,30H2,1,4H3,(H,32,36)/b28-5-,29-15+,31-16?,33-20?. The summed E-state index contributed by atoms with van der Waals surface area (Å²) in [4.78, 5) is 12.6. The van der Waals surface area contributed by atoms with E-state index in [0.29, 0.717) is 22.8 Å². The highest BCUT2D eigenvalue weighted by Crippen LogP contribution is 2.21. The molecule has 182 valence electrons. The Morgan fingerprint density at radius 1 is 0.972 bits per heavy atom. The van der Waals surface area contributed by atoms with Crippen LogP contribution in [0.25, 0.3) is 5.70 Å². The van der Waals surface area contributed by atoms with Gasteiger partial charge in [-0.1, -0.05) is 31.4 Å². The molecular weight excluding hydrogens is 446 g/mol. The lowest BCUT2D eigenvalue weighted by Crippen LogP contribution is -2.13. The van der Waals surface area contributed by atoms with Gasteiger partial charge in [0.25, 0.3) is 0 Å². The second-order valence-corrected chi connectivity index (χ2v) is 7.74. The summed E-state index contributed by atoms with van der Waals surface area (Å²) in [6, 6.07) is 19.3. The number of hydrogen-bond donors (Lipinski definition) is 4. The minimum atomic E-state index is 0.604. The molecule has 0 radical (unpaired) electrons. The van der Waals surface area contributed by atoms with Gasteiger partial charge in [-0.25, -0.2) is 0 Å². The van der Waals surface area contributed by atoms with Crippen molar-refractivity contribution in [2.24, 2.45) is 9.98 Å². The van der Waals surface area contributed by atoms with Crippen molar-refractivity contribution in [3.8, 4) is 0 Å². The Labute approximate surface area is 212 Å². The second-order valence-electron chi connectivity index (χ2n) is 7.74. The zero-order valence-corrected chi connectivity index (χ0v) is 20.6. The summed E-state index contributed by atoms with van der Waals surface area (Å²) in [6.07, 6.45) is 10.6. The van der Waals surface area contributed by atoms with Crippen molar-refractivity contribution in [3.05, 3.63) is 121 Å². The van der Waals surface area contributed by atoms with Crippen LogP contribution in [-0.2, 0) is 0 Å². The maximum absolute atomic E-state index is 5.94. The predicted octanol–water partition coefficient (Wildman–Crippen LogP) is 6.15. The third-order valence-electron chi connectivity index (χ3n) is 4.97. The second kappa shape index (κ2) is 13.1. The minimum absolute atomic E-state index is 0.604. The molecule has 2 aromatic carbocycles. The molecule has 0 saturated heterocycles. The fourth-order valence-electron chi connectivity index (χ4n) is 3.22. The first-order valence-corrected chi connectivity index (χ1v) is 11.4. The number of anilines is 4. The van der Waals surface area contributed by atoms with E-state index in [2.05, 4.69) is 44.1 Å². The average Bonchev–Trinajstić information content (AvgIpc) is 2.88. The molecular formula is C29H31N7. The summed E-state index contributed by atoms with van der Waals surface area (Å²) in [7, 11) is 1.71. The van der Waals surface area contributed by atoms with Gasteiger partial charge in [0.05, 0.1) is 17.6 Å². The first kappa shape index (κ1) is 25.7. The molecule has 0 aliphatic heterocycles. The molecule has 3 aromatic rings. The Kier molecular flexibility index (Phi) is 9.35. The molecule has 0 unspecified atom stereocenters. The molecule has 0 saturated carbocycles. The molecule has 0 bridgehead atoms. The molecule has 1 heterocycles. The number of hydrogen-bond acceptors (Lipinski definition) is 7. The van der Waals surface area contributed by atoms with Crippen LogP contribution < -0.4 is 21.7 Å². The lowest BCUT2D eigenvalue weighted by molar-refractivity contribution is 1.17. The lowest BCUT2D eigenvalue weighted by Gasteiger charge is -2.13. The van der Waals surface area contributed by atoms with Crippen LogP contribution >= 0.6 is 0 Å². The summed E-state index contributed by atoms with van der Waals surface area (Å²) in [5.41, 5.74) is 13.2. The first-order chi connectivity index (χ1) is 17.5. The van der Waals surface area contributed by atoms with Crippen LogP contribution in [0.4, 0.5) is 22.7 Å². The van der Waals surface area contributed by atoms with Crippen molar-refractivity contribution >= 4 is 40.9 Å². The smallest absolute Gasteiger partial charge is 0.0816 e. The van der Waals surface area contributed by atoms with E-state index in [4.69, 9.17) is 5.73 Å². The number of nitrogens with one attached hydrogen (secondary N) is 3. The van der Waals surface area contributed by atoms with E-state index in [9.17, 15) is 0 Å². The van der Waals surface area contributed by atoms with Gasteiger partial charge in [0.2, 0.25) is 0 Å². The van der Waals surface area contributed by atoms with Crippen molar-refractivity contribution in [2.45, 2.75) is 6.92 Å². The van der Waals surface area contributed by atoms with E-state index in [1.807, 2.05) is 79.7 Å². The van der Waals surface area contributed by atoms with Crippen LogP contribution in [0, 0.1) is 0 Å². The molecule has 0 spiro atoms. The molecule has 5 N–H and O–H groups in total. The van der Waals surface area contributed by atoms with Crippen LogP contribution in [-0.4, -0.2) is 24.5 Å². The monoisotopic (exact) mass is 477 g/mol. The zero-order chi connectivity index (χ0) is 25.8. The van der Waals surface area contributed by atoms with Crippen LogP contribution in [0.1, 0.15) is 12.5 Å². The highest BCUT2D eigenvalue weighted by molar-refractivity contribution is 5.88. The summed E-state index contributed by atoms with van der Waals surface area (Å²) in [5.74, 6) is 0. The lowest BCUT2D eigenvalue weighted by atomic mass is 10.1. The van der Waals surface area contributed by atoms with E-state index in [-0.39, 0.29) is 0 Å². The van der Waals surface area contributed by atoms with E-state index >= 15 is 0 Å². The molecule has 3 rings (SSSR count). The van der Waals surface area contributed by atoms with E-state index < -0.39 is 0 Å². The van der Waals surface area contributed by atoms with Crippen molar-refractivity contribution in [1.29, 1.82) is 0 Å². The quantitative estimate of drug-likeness (QED) is 0.151. The van der Waals surface area contributed by atoms with Gasteiger partial charge in [0.15, 0.2) is 0 Å². The largest absolute Gasteiger partial charge is 0.399 e. The topological polar surface area (TPSA) is 99.7 Å². The molecule has 1 aromatic heterocycles. The highest BCUT2D eigenvalue weighted by Gasteiger charge is 2.05. The summed E-state index contributed by atoms with van der Waals surface area (Å²) in [5, 5.41) is 9.91. The maximum atomic E-state index is 5.94. The van der Waals surface area contributed by atoms with Gasteiger partial charge in [-0.15, -0.1) is 0 Å². The van der Waals surface area contributed by atoms with Gasteiger partial charge >= 0.3 is 0 Å².